The Balaban J connectivity index is 1.03. The van der Waals surface area contributed by atoms with E-state index in [4.69, 9.17) is 0 Å². The molecule has 5 N–H and O–H groups in total. The van der Waals surface area contributed by atoms with Crippen molar-refractivity contribution in [2.24, 2.45) is 46.3 Å². The standard InChI is InChI=1S/C45H56N2O6/c1-26(10-17-39(51)52)33-15-16-34-41-35(23-38(50)44(33,34)5)43(4)20-21-45(53,24-31(43)22-37(41)49)19-18-29-11-13-30(14-12-29)25-46-42-32-8-6-7-9-36(32)47-27(2)40(42)28(3)48/h6-9,11-14,26,31,33-35,37-38,41,49-50,53H,10,15-17,20-25H2,1-5H3,(H,46,47)(H,51,52)/t26?,31?,33-,34?,35?,37?,38?,41?,43?,44?,45?/m1/s1. The predicted octanol–water partition coefficient (Wildman–Crippen LogP) is 7.54. The number of fused-ring (bicyclic) bond motifs is 6. The molecule has 4 fully saturated rings. The Morgan fingerprint density at radius 2 is 1.75 bits per heavy atom. The first-order chi connectivity index (χ1) is 25.1. The first-order valence-corrected chi connectivity index (χ1v) is 19.7. The molecule has 53 heavy (non-hydrogen) atoms. The average Bonchev–Trinajstić information content (AvgIpc) is 3.48. The summed E-state index contributed by atoms with van der Waals surface area (Å²) in [7, 11) is 0. The van der Waals surface area contributed by atoms with E-state index in [1.165, 1.54) is 0 Å². The monoisotopic (exact) mass is 720 g/mol. The molecule has 10 unspecified atom stereocenters. The summed E-state index contributed by atoms with van der Waals surface area (Å²) in [5.74, 6) is 6.68. The van der Waals surface area contributed by atoms with Gasteiger partial charge < -0.3 is 25.7 Å². The topological polar surface area (TPSA) is 140 Å². The van der Waals surface area contributed by atoms with E-state index in [9.17, 15) is 30.0 Å². The molecule has 0 saturated heterocycles. The number of aliphatic carboxylic acids is 1. The first-order valence-electron chi connectivity index (χ1n) is 19.7. The molecule has 11 atom stereocenters. The number of nitrogens with zero attached hydrogens (tertiary/aromatic N) is 1. The number of carboxylic acid groups (broad SMARTS) is 1. The normalized spacial score (nSPS) is 35.3. The highest BCUT2D eigenvalue weighted by molar-refractivity contribution is 6.08. The minimum Gasteiger partial charge on any atom is -0.481 e. The number of pyridine rings is 1. The van der Waals surface area contributed by atoms with Crippen molar-refractivity contribution in [2.75, 3.05) is 5.32 Å². The number of hydrogen-bond acceptors (Lipinski definition) is 7. The van der Waals surface area contributed by atoms with Crippen LogP contribution in [0.4, 0.5) is 5.69 Å². The van der Waals surface area contributed by atoms with Gasteiger partial charge in [-0.1, -0.05) is 62.9 Å². The maximum absolute atomic E-state index is 12.6. The molecular formula is C45H56N2O6. The van der Waals surface area contributed by atoms with E-state index in [0.717, 1.165) is 47.0 Å². The number of nitrogens with one attached hydrogen (secondary N) is 1. The molecule has 4 aliphatic rings. The molecule has 0 aliphatic heterocycles. The average molecular weight is 721 g/mol. The largest absolute Gasteiger partial charge is 0.481 e. The molecule has 4 aliphatic carbocycles. The van der Waals surface area contributed by atoms with Gasteiger partial charge in [-0.15, -0.1) is 0 Å². The molecule has 0 amide bonds. The number of Topliss-reactive ketones (excluding diaryl/α,β-unsaturated/α-hetero) is 1. The summed E-state index contributed by atoms with van der Waals surface area (Å²) in [4.78, 5) is 28.5. The van der Waals surface area contributed by atoms with Crippen molar-refractivity contribution in [1.29, 1.82) is 0 Å². The third kappa shape index (κ3) is 6.68. The SMILES string of the molecule is CC(=O)c1c(C)nc2ccccc2c1NCc1ccc(C#CC2(O)CCC3(C)C(CC(O)C4C3CC(O)C3(C)C4CC[C@@H]3C(C)CCC(=O)O)C2)cc1. The van der Waals surface area contributed by atoms with Gasteiger partial charge in [0.2, 0.25) is 0 Å². The highest BCUT2D eigenvalue weighted by Crippen LogP contribution is 2.69. The van der Waals surface area contributed by atoms with Crippen molar-refractivity contribution < 1.29 is 30.0 Å². The van der Waals surface area contributed by atoms with Crippen LogP contribution >= 0.6 is 0 Å². The molecule has 282 valence electrons. The van der Waals surface area contributed by atoms with Crippen LogP contribution in [0.5, 0.6) is 0 Å². The van der Waals surface area contributed by atoms with E-state index in [2.05, 4.69) is 42.9 Å². The number of aromatic nitrogens is 1. The number of carboxylic acids is 1. The number of carbonyl (C=O) groups is 2. The summed E-state index contributed by atoms with van der Waals surface area (Å²) in [6.07, 6.45) is 4.79. The number of hydrogen-bond donors (Lipinski definition) is 5. The smallest absolute Gasteiger partial charge is 0.303 e. The number of carbonyl (C=O) groups excluding carboxylic acids is 1. The Labute approximate surface area is 313 Å². The van der Waals surface area contributed by atoms with Gasteiger partial charge in [-0.3, -0.25) is 14.6 Å². The molecule has 4 saturated carbocycles. The number of benzene rings is 2. The van der Waals surface area contributed by atoms with Crippen LogP contribution in [0.2, 0.25) is 0 Å². The van der Waals surface area contributed by atoms with Crippen LogP contribution in [0.15, 0.2) is 48.5 Å². The maximum Gasteiger partial charge on any atom is 0.303 e. The van der Waals surface area contributed by atoms with E-state index in [1.54, 1.807) is 6.92 Å². The molecular weight excluding hydrogens is 665 g/mol. The lowest BCUT2D eigenvalue weighted by Crippen LogP contribution is -2.63. The Morgan fingerprint density at radius 1 is 1.02 bits per heavy atom. The van der Waals surface area contributed by atoms with Crippen LogP contribution in [0, 0.1) is 65.1 Å². The van der Waals surface area contributed by atoms with Crippen LogP contribution in [-0.2, 0) is 11.3 Å². The Morgan fingerprint density at radius 3 is 2.47 bits per heavy atom. The molecule has 7 rings (SSSR count). The van der Waals surface area contributed by atoms with Gasteiger partial charge in [0.1, 0.15) is 5.60 Å². The van der Waals surface area contributed by atoms with Crippen LogP contribution < -0.4 is 5.32 Å². The van der Waals surface area contributed by atoms with E-state index in [1.807, 2.05) is 55.5 Å². The Hall–Kier alpha value is -3.77. The quantitative estimate of drug-likeness (QED) is 0.119. The highest BCUT2D eigenvalue weighted by atomic mass is 16.4. The second-order valence-corrected chi connectivity index (χ2v) is 17.6. The van der Waals surface area contributed by atoms with Gasteiger partial charge in [-0.25, -0.2) is 0 Å². The molecule has 1 aromatic heterocycles. The lowest BCUT2D eigenvalue weighted by molar-refractivity contribution is -0.211. The summed E-state index contributed by atoms with van der Waals surface area (Å²) >= 11 is 0. The fraction of sp³-hybridized carbons (Fsp3) is 0.578. The maximum atomic E-state index is 12.6. The van der Waals surface area contributed by atoms with Gasteiger partial charge in [0, 0.05) is 23.9 Å². The summed E-state index contributed by atoms with van der Waals surface area (Å²) in [6.45, 7) is 10.6. The number of para-hydroxylation sites is 1. The summed E-state index contributed by atoms with van der Waals surface area (Å²) in [5.41, 5.74) is 3.20. The van der Waals surface area contributed by atoms with Crippen LogP contribution in [0.25, 0.3) is 10.9 Å². The van der Waals surface area contributed by atoms with Crippen LogP contribution in [-0.4, -0.2) is 55.0 Å². The fourth-order valence-corrected chi connectivity index (χ4v) is 11.8. The zero-order chi connectivity index (χ0) is 37.9. The van der Waals surface area contributed by atoms with Crippen molar-refractivity contribution in [3.8, 4) is 11.8 Å². The summed E-state index contributed by atoms with van der Waals surface area (Å²) in [6, 6.07) is 15.8. The van der Waals surface area contributed by atoms with Gasteiger partial charge in [0.05, 0.1) is 34.7 Å². The molecule has 3 aromatic rings. The van der Waals surface area contributed by atoms with Crippen molar-refractivity contribution in [3.05, 3.63) is 70.9 Å². The van der Waals surface area contributed by atoms with Gasteiger partial charge in [0.15, 0.2) is 5.78 Å². The van der Waals surface area contributed by atoms with Gasteiger partial charge in [0.25, 0.3) is 0 Å². The molecule has 8 nitrogen and oxygen atoms in total. The Kier molecular flexibility index (Phi) is 10.0. The molecule has 1 heterocycles. The number of ketones is 1. The van der Waals surface area contributed by atoms with Crippen molar-refractivity contribution >= 4 is 28.3 Å². The number of anilines is 1. The van der Waals surface area contributed by atoms with Crippen molar-refractivity contribution in [3.63, 3.8) is 0 Å². The Bertz CT molecular complexity index is 1950. The van der Waals surface area contributed by atoms with E-state index >= 15 is 0 Å². The summed E-state index contributed by atoms with van der Waals surface area (Å²) in [5, 5.41) is 49.3. The third-order valence-corrected chi connectivity index (χ3v) is 14.7. The van der Waals surface area contributed by atoms with Gasteiger partial charge in [-0.2, -0.15) is 0 Å². The van der Waals surface area contributed by atoms with Gasteiger partial charge in [-0.05, 0) is 135 Å². The molecule has 0 radical (unpaired) electrons. The van der Waals surface area contributed by atoms with Gasteiger partial charge >= 0.3 is 5.97 Å². The summed E-state index contributed by atoms with van der Waals surface area (Å²) < 4.78 is 0. The lowest BCUT2D eigenvalue weighted by Gasteiger charge is -2.64. The zero-order valence-corrected chi connectivity index (χ0v) is 31.9. The van der Waals surface area contributed by atoms with Crippen LogP contribution in [0.3, 0.4) is 0 Å². The predicted molar refractivity (Wildman–Crippen MR) is 206 cm³/mol. The molecule has 0 bridgehead atoms. The molecule has 0 spiro atoms. The minimum atomic E-state index is -1.15. The second-order valence-electron chi connectivity index (χ2n) is 17.6. The van der Waals surface area contributed by atoms with E-state index in [-0.39, 0.29) is 58.5 Å². The zero-order valence-electron chi connectivity index (χ0n) is 31.9. The second kappa shape index (κ2) is 14.1. The number of rotatable bonds is 8. The number of aliphatic hydroxyl groups is 3. The molecule has 2 aromatic carbocycles. The minimum absolute atomic E-state index is 0.0277. The lowest BCUT2D eigenvalue weighted by atomic mass is 9.42. The molecule has 8 heteroatoms. The highest BCUT2D eigenvalue weighted by Gasteiger charge is 2.66. The van der Waals surface area contributed by atoms with Crippen LogP contribution in [0.1, 0.15) is 113 Å². The van der Waals surface area contributed by atoms with E-state index in [0.29, 0.717) is 49.9 Å². The fourth-order valence-electron chi connectivity index (χ4n) is 11.8. The van der Waals surface area contributed by atoms with E-state index < -0.39 is 23.8 Å². The number of aliphatic hydroxyl groups excluding tert-OH is 2. The van der Waals surface area contributed by atoms with Crippen molar-refractivity contribution in [1.82, 2.24) is 4.98 Å². The number of aryl methyl sites for hydroxylation is 1. The third-order valence-electron chi connectivity index (χ3n) is 14.7. The van der Waals surface area contributed by atoms with Crippen molar-refractivity contribution in [2.45, 2.75) is 117 Å². The first kappa shape index (κ1) is 37.5.